The molecule has 0 aliphatic carbocycles. The minimum absolute atomic E-state index is 0.128. The number of rotatable bonds is 5. The highest BCUT2D eigenvalue weighted by molar-refractivity contribution is 5.94. The molecule has 0 bridgehead atoms. The summed E-state index contributed by atoms with van der Waals surface area (Å²) in [6.07, 6.45) is 0. The van der Waals surface area contributed by atoms with Crippen LogP contribution in [0.5, 0.6) is 0 Å². The second kappa shape index (κ2) is 6.38. The van der Waals surface area contributed by atoms with Crippen LogP contribution in [0, 0.1) is 0 Å². The van der Waals surface area contributed by atoms with Gasteiger partial charge in [0.15, 0.2) is 5.69 Å². The molecule has 0 saturated carbocycles. The molecule has 1 heterocycles. The molecule has 0 aliphatic rings. The van der Waals surface area contributed by atoms with E-state index in [-0.39, 0.29) is 24.8 Å². The van der Waals surface area contributed by atoms with Crippen molar-refractivity contribution in [2.45, 2.75) is 0 Å². The number of aromatic carboxylic acids is 1. The lowest BCUT2D eigenvalue weighted by Gasteiger charge is -2.11. The summed E-state index contributed by atoms with van der Waals surface area (Å²) in [5.74, 6) is -2.29. The van der Waals surface area contributed by atoms with Crippen LogP contribution >= 0.6 is 0 Å². The van der Waals surface area contributed by atoms with Crippen molar-refractivity contribution < 1.29 is 24.0 Å². The quantitative estimate of drug-likeness (QED) is 0.612. The predicted molar refractivity (Wildman–Crippen MR) is 62.9 cm³/mol. The topological polar surface area (TPSA) is 125 Å². The molecule has 0 fully saturated rings. The van der Waals surface area contributed by atoms with Crippen LogP contribution in [0.25, 0.3) is 0 Å². The number of carboxylic acids is 1. The summed E-state index contributed by atoms with van der Waals surface area (Å²) in [4.78, 5) is 34.5. The van der Waals surface area contributed by atoms with Crippen LogP contribution in [0.4, 0.5) is 4.79 Å². The highest BCUT2D eigenvalue weighted by atomic mass is 16.5. The summed E-state index contributed by atoms with van der Waals surface area (Å²) < 4.78 is 4.44. The largest absolute Gasteiger partial charge is 0.475 e. The van der Waals surface area contributed by atoms with Crippen LogP contribution in [0.15, 0.2) is 10.6 Å². The van der Waals surface area contributed by atoms with Gasteiger partial charge in [0.2, 0.25) is 5.76 Å². The van der Waals surface area contributed by atoms with Gasteiger partial charge in [-0.2, -0.15) is 0 Å². The molecule has 0 saturated heterocycles. The summed E-state index contributed by atoms with van der Waals surface area (Å²) in [7, 11) is 3.19. The fourth-order valence-corrected chi connectivity index (χ4v) is 1.08. The Morgan fingerprint density at radius 1 is 1.32 bits per heavy atom. The molecule has 0 atom stereocenters. The summed E-state index contributed by atoms with van der Waals surface area (Å²) >= 11 is 0. The van der Waals surface area contributed by atoms with E-state index in [4.69, 9.17) is 5.11 Å². The van der Waals surface area contributed by atoms with Gasteiger partial charge in [-0.15, -0.1) is 0 Å². The number of hydrogen-bond acceptors (Lipinski definition) is 5. The smallest absolute Gasteiger partial charge is 0.374 e. The fraction of sp³-hybridized carbons (Fsp3) is 0.400. The van der Waals surface area contributed by atoms with Crippen molar-refractivity contribution in [2.75, 3.05) is 27.2 Å². The molecule has 9 nitrogen and oxygen atoms in total. The number of nitrogens with zero attached hydrogens (tertiary/aromatic N) is 2. The van der Waals surface area contributed by atoms with Crippen molar-refractivity contribution in [3.8, 4) is 0 Å². The maximum Gasteiger partial charge on any atom is 0.374 e. The predicted octanol–water partition coefficient (Wildman–Crippen LogP) is -0.626. The molecular formula is C10H14N4O5. The number of carboxylic acid groups (broad SMARTS) is 1. The van der Waals surface area contributed by atoms with E-state index in [1.807, 2.05) is 0 Å². The van der Waals surface area contributed by atoms with Gasteiger partial charge in [0.05, 0.1) is 0 Å². The van der Waals surface area contributed by atoms with Crippen LogP contribution in [0.3, 0.4) is 0 Å². The number of amides is 3. The third-order valence-electron chi connectivity index (χ3n) is 2.05. The Balaban J connectivity index is 2.35. The van der Waals surface area contributed by atoms with Gasteiger partial charge in [0.1, 0.15) is 0 Å². The molecular weight excluding hydrogens is 256 g/mol. The summed E-state index contributed by atoms with van der Waals surface area (Å²) in [6.45, 7) is 0.431. The Hall–Kier alpha value is -2.58. The zero-order valence-electron chi connectivity index (χ0n) is 10.5. The second-order valence-electron chi connectivity index (χ2n) is 3.76. The van der Waals surface area contributed by atoms with Gasteiger partial charge in [0, 0.05) is 33.3 Å². The van der Waals surface area contributed by atoms with E-state index in [2.05, 4.69) is 20.3 Å². The third kappa shape index (κ3) is 4.30. The van der Waals surface area contributed by atoms with Gasteiger partial charge < -0.3 is 25.2 Å². The minimum Gasteiger partial charge on any atom is -0.475 e. The molecule has 0 spiro atoms. The average molecular weight is 270 g/mol. The molecule has 19 heavy (non-hydrogen) atoms. The van der Waals surface area contributed by atoms with Crippen molar-refractivity contribution in [2.24, 2.45) is 0 Å². The first-order valence-electron chi connectivity index (χ1n) is 5.35. The Bertz CT molecular complexity index is 482. The standard InChI is InChI=1S/C10H14N4O5/c1-14(2)10(18)12-4-3-11-8(15)6-5-7(9(16)17)19-13-6/h5H,3-4H2,1-2H3,(H,11,15)(H,12,18)(H,16,17). The first-order valence-corrected chi connectivity index (χ1v) is 5.35. The SMILES string of the molecule is CN(C)C(=O)NCCNC(=O)c1cc(C(=O)O)on1. The summed E-state index contributed by atoms with van der Waals surface area (Å²) in [5.41, 5.74) is -0.128. The average Bonchev–Trinajstić information content (AvgIpc) is 2.83. The maximum absolute atomic E-state index is 11.5. The van der Waals surface area contributed by atoms with Crippen molar-refractivity contribution in [1.82, 2.24) is 20.7 Å². The van der Waals surface area contributed by atoms with Crippen LogP contribution in [-0.2, 0) is 0 Å². The van der Waals surface area contributed by atoms with E-state index in [0.717, 1.165) is 6.07 Å². The first kappa shape index (κ1) is 14.5. The number of carbonyl (C=O) groups excluding carboxylic acids is 2. The third-order valence-corrected chi connectivity index (χ3v) is 2.05. The monoisotopic (exact) mass is 270 g/mol. The zero-order valence-corrected chi connectivity index (χ0v) is 10.5. The van der Waals surface area contributed by atoms with E-state index >= 15 is 0 Å². The van der Waals surface area contributed by atoms with Gasteiger partial charge in [-0.3, -0.25) is 4.79 Å². The van der Waals surface area contributed by atoms with Crippen molar-refractivity contribution in [3.05, 3.63) is 17.5 Å². The van der Waals surface area contributed by atoms with Crippen LogP contribution in [0.1, 0.15) is 21.0 Å². The Kier molecular flexibility index (Phi) is 4.86. The van der Waals surface area contributed by atoms with E-state index in [0.29, 0.717) is 0 Å². The zero-order chi connectivity index (χ0) is 14.4. The highest BCUT2D eigenvalue weighted by Crippen LogP contribution is 2.02. The molecule has 0 radical (unpaired) electrons. The fourth-order valence-electron chi connectivity index (χ4n) is 1.08. The van der Waals surface area contributed by atoms with Crippen LogP contribution in [0.2, 0.25) is 0 Å². The summed E-state index contributed by atoms with van der Waals surface area (Å²) in [6, 6.07) is 0.750. The molecule has 104 valence electrons. The van der Waals surface area contributed by atoms with E-state index in [9.17, 15) is 14.4 Å². The van der Waals surface area contributed by atoms with Gasteiger partial charge in [-0.1, -0.05) is 5.16 Å². The molecule has 0 unspecified atom stereocenters. The van der Waals surface area contributed by atoms with Gasteiger partial charge in [0.25, 0.3) is 5.91 Å². The lowest BCUT2D eigenvalue weighted by atomic mass is 10.3. The number of carbonyl (C=O) groups is 3. The molecule has 1 aromatic heterocycles. The van der Waals surface area contributed by atoms with Gasteiger partial charge in [-0.25, -0.2) is 9.59 Å². The molecule has 0 aromatic carbocycles. The Labute approximate surface area is 108 Å². The van der Waals surface area contributed by atoms with E-state index in [1.165, 1.54) is 4.90 Å². The van der Waals surface area contributed by atoms with Gasteiger partial charge in [-0.05, 0) is 0 Å². The molecule has 3 N–H and O–H groups in total. The summed E-state index contributed by atoms with van der Waals surface area (Å²) in [5, 5.41) is 16.9. The van der Waals surface area contributed by atoms with Crippen LogP contribution < -0.4 is 10.6 Å². The van der Waals surface area contributed by atoms with Gasteiger partial charge >= 0.3 is 12.0 Å². The van der Waals surface area contributed by atoms with Crippen molar-refractivity contribution in [1.29, 1.82) is 0 Å². The molecule has 3 amide bonds. The lowest BCUT2D eigenvalue weighted by Crippen LogP contribution is -2.39. The minimum atomic E-state index is -1.30. The first-order chi connectivity index (χ1) is 8.91. The molecule has 0 aliphatic heterocycles. The second-order valence-corrected chi connectivity index (χ2v) is 3.76. The molecule has 1 aromatic rings. The van der Waals surface area contributed by atoms with E-state index < -0.39 is 17.6 Å². The molecule has 1 rings (SSSR count). The lowest BCUT2D eigenvalue weighted by molar-refractivity contribution is 0.0651. The van der Waals surface area contributed by atoms with Crippen LogP contribution in [-0.4, -0.2) is 60.3 Å². The number of aromatic nitrogens is 1. The van der Waals surface area contributed by atoms with E-state index in [1.54, 1.807) is 14.1 Å². The van der Waals surface area contributed by atoms with Crippen molar-refractivity contribution in [3.63, 3.8) is 0 Å². The van der Waals surface area contributed by atoms with Crippen molar-refractivity contribution >= 4 is 17.9 Å². The maximum atomic E-state index is 11.5. The Morgan fingerprint density at radius 2 is 1.95 bits per heavy atom. The number of nitrogens with one attached hydrogen (secondary N) is 2. The molecule has 9 heteroatoms. The highest BCUT2D eigenvalue weighted by Gasteiger charge is 2.16. The normalized spacial score (nSPS) is 9.79. The Morgan fingerprint density at radius 3 is 2.47 bits per heavy atom. The number of hydrogen-bond donors (Lipinski definition) is 3. The number of urea groups is 1.